The highest BCUT2D eigenvalue weighted by Crippen LogP contribution is 2.38. The van der Waals surface area contributed by atoms with E-state index < -0.39 is 12.0 Å². The predicted molar refractivity (Wildman–Crippen MR) is 78.8 cm³/mol. The lowest BCUT2D eigenvalue weighted by molar-refractivity contribution is -0.0504. The second-order valence-electron chi connectivity index (χ2n) is 4.17. The van der Waals surface area contributed by atoms with E-state index in [1.165, 1.54) is 13.2 Å². The monoisotopic (exact) mass is 332 g/mol. The summed E-state index contributed by atoms with van der Waals surface area (Å²) in [6.07, 6.45) is 0. The minimum atomic E-state index is -2.91. The maximum atomic E-state index is 12.4. The highest BCUT2D eigenvalue weighted by atomic mass is 35.5. The Morgan fingerprint density at radius 2 is 1.76 bits per heavy atom. The van der Waals surface area contributed by atoms with Gasteiger partial charge in [0.1, 0.15) is 11.5 Å². The van der Waals surface area contributed by atoms with E-state index in [-0.39, 0.29) is 5.75 Å². The van der Waals surface area contributed by atoms with E-state index in [0.29, 0.717) is 21.9 Å². The van der Waals surface area contributed by atoms with Crippen molar-refractivity contribution < 1.29 is 18.3 Å². The number of hydrogen-bond acceptors (Lipinski definition) is 2. The third-order valence-corrected chi connectivity index (χ3v) is 3.66. The summed E-state index contributed by atoms with van der Waals surface area (Å²) in [5.74, 6) is 0.556. The van der Waals surface area contributed by atoms with Crippen LogP contribution in [0.25, 0.3) is 0 Å². The summed E-state index contributed by atoms with van der Waals surface area (Å²) in [6.45, 7) is -2.91. The van der Waals surface area contributed by atoms with Crippen molar-refractivity contribution in [1.82, 2.24) is 0 Å². The van der Waals surface area contributed by atoms with Crippen molar-refractivity contribution >= 4 is 23.2 Å². The number of alkyl halides is 3. The summed E-state index contributed by atoms with van der Waals surface area (Å²) >= 11 is 12.4. The van der Waals surface area contributed by atoms with Crippen LogP contribution in [0.15, 0.2) is 42.5 Å². The van der Waals surface area contributed by atoms with Gasteiger partial charge in [-0.05, 0) is 23.8 Å². The molecule has 0 fully saturated rings. The molecule has 0 spiro atoms. The standard InChI is InChI=1S/C15H12Cl2F2O2/c1-20-13-7-6-9(8-11(13)16)14(17)10-4-2-3-5-12(10)21-15(18)19/h2-8,14-15H,1H3. The molecule has 0 aliphatic carbocycles. The molecule has 2 rings (SSSR count). The van der Waals surface area contributed by atoms with Gasteiger partial charge < -0.3 is 9.47 Å². The van der Waals surface area contributed by atoms with Gasteiger partial charge in [0.2, 0.25) is 0 Å². The van der Waals surface area contributed by atoms with Gasteiger partial charge in [0.15, 0.2) is 0 Å². The number of halogens is 4. The largest absolute Gasteiger partial charge is 0.495 e. The van der Waals surface area contributed by atoms with Crippen LogP contribution in [-0.4, -0.2) is 13.7 Å². The quantitative estimate of drug-likeness (QED) is 0.693. The van der Waals surface area contributed by atoms with Crippen molar-refractivity contribution in [3.05, 3.63) is 58.6 Å². The second kappa shape index (κ2) is 6.96. The van der Waals surface area contributed by atoms with E-state index >= 15 is 0 Å². The van der Waals surface area contributed by atoms with Gasteiger partial charge in [-0.15, -0.1) is 11.6 Å². The summed E-state index contributed by atoms with van der Waals surface area (Å²) in [4.78, 5) is 0. The molecule has 0 amide bonds. The minimum absolute atomic E-state index is 0.0411. The molecule has 0 aliphatic heterocycles. The molecular formula is C15H12Cl2F2O2. The lowest BCUT2D eigenvalue weighted by Gasteiger charge is -2.16. The first kappa shape index (κ1) is 15.9. The molecule has 0 aromatic heterocycles. The first-order valence-corrected chi connectivity index (χ1v) is 6.85. The fourth-order valence-electron chi connectivity index (χ4n) is 1.91. The molecule has 1 atom stereocenters. The lowest BCUT2D eigenvalue weighted by Crippen LogP contribution is -2.05. The van der Waals surface area contributed by atoms with Gasteiger partial charge >= 0.3 is 6.61 Å². The van der Waals surface area contributed by atoms with Gasteiger partial charge in [0.25, 0.3) is 0 Å². The smallest absolute Gasteiger partial charge is 0.387 e. The van der Waals surface area contributed by atoms with Gasteiger partial charge in [0, 0.05) is 5.56 Å². The van der Waals surface area contributed by atoms with Gasteiger partial charge in [0.05, 0.1) is 17.5 Å². The Morgan fingerprint density at radius 3 is 2.38 bits per heavy atom. The van der Waals surface area contributed by atoms with Gasteiger partial charge in [-0.3, -0.25) is 0 Å². The molecule has 1 unspecified atom stereocenters. The summed E-state index contributed by atoms with van der Waals surface area (Å²) in [6, 6.07) is 11.4. The van der Waals surface area contributed by atoms with Crippen molar-refractivity contribution in [2.75, 3.05) is 7.11 Å². The number of para-hydroxylation sites is 1. The molecule has 21 heavy (non-hydrogen) atoms. The molecule has 0 aliphatic rings. The fourth-order valence-corrected chi connectivity index (χ4v) is 2.50. The van der Waals surface area contributed by atoms with Gasteiger partial charge in [-0.1, -0.05) is 35.9 Å². The van der Waals surface area contributed by atoms with Crippen LogP contribution in [0.2, 0.25) is 5.02 Å². The SMILES string of the molecule is COc1ccc(C(Cl)c2ccccc2OC(F)F)cc1Cl. The molecule has 0 bridgehead atoms. The maximum absolute atomic E-state index is 12.4. The van der Waals surface area contributed by atoms with E-state index in [1.807, 2.05) is 0 Å². The maximum Gasteiger partial charge on any atom is 0.387 e. The molecule has 6 heteroatoms. The average molecular weight is 333 g/mol. The summed E-state index contributed by atoms with van der Waals surface area (Å²) in [5, 5.41) is -0.267. The number of hydrogen-bond donors (Lipinski definition) is 0. The summed E-state index contributed by atoms with van der Waals surface area (Å²) in [7, 11) is 1.50. The fraction of sp³-hybridized carbons (Fsp3) is 0.200. The average Bonchev–Trinajstić information content (AvgIpc) is 2.46. The highest BCUT2D eigenvalue weighted by Gasteiger charge is 2.18. The van der Waals surface area contributed by atoms with Crippen molar-refractivity contribution in [3.8, 4) is 11.5 Å². The van der Waals surface area contributed by atoms with Crippen LogP contribution in [0.1, 0.15) is 16.5 Å². The second-order valence-corrected chi connectivity index (χ2v) is 5.02. The Bertz CT molecular complexity index is 620. The third-order valence-electron chi connectivity index (χ3n) is 2.88. The van der Waals surface area contributed by atoms with E-state index in [1.54, 1.807) is 36.4 Å². The van der Waals surface area contributed by atoms with Crippen molar-refractivity contribution in [1.29, 1.82) is 0 Å². The van der Waals surface area contributed by atoms with Crippen LogP contribution in [-0.2, 0) is 0 Å². The van der Waals surface area contributed by atoms with Crippen molar-refractivity contribution in [2.24, 2.45) is 0 Å². The lowest BCUT2D eigenvalue weighted by atomic mass is 10.0. The highest BCUT2D eigenvalue weighted by molar-refractivity contribution is 6.32. The van der Waals surface area contributed by atoms with Crippen LogP contribution in [0.3, 0.4) is 0 Å². The number of methoxy groups -OCH3 is 1. The first-order chi connectivity index (χ1) is 10.0. The van der Waals surface area contributed by atoms with Crippen molar-refractivity contribution in [2.45, 2.75) is 12.0 Å². The normalized spacial score (nSPS) is 12.3. The molecule has 112 valence electrons. The van der Waals surface area contributed by atoms with E-state index in [0.717, 1.165) is 0 Å². The van der Waals surface area contributed by atoms with Gasteiger partial charge in [-0.2, -0.15) is 8.78 Å². The zero-order chi connectivity index (χ0) is 15.4. The summed E-state index contributed by atoms with van der Waals surface area (Å²) < 4.78 is 34.4. The predicted octanol–water partition coefficient (Wildman–Crippen LogP) is 5.28. The third kappa shape index (κ3) is 3.77. The Kier molecular flexibility index (Phi) is 5.26. The molecule has 0 saturated carbocycles. The Labute approximate surface area is 131 Å². The Balaban J connectivity index is 2.35. The molecule has 2 nitrogen and oxygen atoms in total. The number of rotatable bonds is 5. The molecule has 0 radical (unpaired) electrons. The zero-order valence-electron chi connectivity index (χ0n) is 11.0. The van der Waals surface area contributed by atoms with Crippen LogP contribution in [0.5, 0.6) is 11.5 Å². The first-order valence-electron chi connectivity index (χ1n) is 6.04. The topological polar surface area (TPSA) is 18.5 Å². The van der Waals surface area contributed by atoms with Crippen LogP contribution < -0.4 is 9.47 Å². The minimum Gasteiger partial charge on any atom is -0.495 e. The number of benzene rings is 2. The van der Waals surface area contributed by atoms with Crippen LogP contribution in [0.4, 0.5) is 8.78 Å². The van der Waals surface area contributed by atoms with Crippen molar-refractivity contribution in [3.63, 3.8) is 0 Å². The summed E-state index contributed by atoms with van der Waals surface area (Å²) in [5.41, 5.74) is 1.11. The Morgan fingerprint density at radius 1 is 1.05 bits per heavy atom. The van der Waals surface area contributed by atoms with E-state index in [2.05, 4.69) is 4.74 Å². The molecular weight excluding hydrogens is 321 g/mol. The van der Waals surface area contributed by atoms with Gasteiger partial charge in [-0.25, -0.2) is 0 Å². The molecule has 0 heterocycles. The van der Waals surface area contributed by atoms with Crippen LogP contribution in [0, 0.1) is 0 Å². The molecule has 0 saturated heterocycles. The van der Waals surface area contributed by atoms with Crippen LogP contribution >= 0.6 is 23.2 Å². The molecule has 2 aromatic rings. The zero-order valence-corrected chi connectivity index (χ0v) is 12.5. The van der Waals surface area contributed by atoms with E-state index in [9.17, 15) is 8.78 Å². The molecule has 2 aromatic carbocycles. The van der Waals surface area contributed by atoms with E-state index in [4.69, 9.17) is 27.9 Å². The molecule has 0 N–H and O–H groups in total. The Hall–Kier alpha value is -1.52. The number of ether oxygens (including phenoxy) is 2.